The van der Waals surface area contributed by atoms with Crippen molar-refractivity contribution in [2.45, 2.75) is 56.4 Å². The summed E-state index contributed by atoms with van der Waals surface area (Å²) in [6, 6.07) is 4.19. The molecule has 1 atom stereocenters. The normalized spacial score (nSPS) is 23.2. The Hall–Kier alpha value is -2.24. The van der Waals surface area contributed by atoms with Crippen molar-refractivity contribution >= 4 is 27.3 Å². The van der Waals surface area contributed by atoms with Gasteiger partial charge in [0.15, 0.2) is 0 Å². The van der Waals surface area contributed by atoms with E-state index in [1.54, 1.807) is 0 Å². The number of anilines is 1. The molecule has 1 aromatic carbocycles. The van der Waals surface area contributed by atoms with Gasteiger partial charge in [-0.2, -0.15) is 4.31 Å². The van der Waals surface area contributed by atoms with E-state index in [-0.39, 0.29) is 28.4 Å². The number of hydrogen-bond donors (Lipinski definition) is 1. The Morgan fingerprint density at radius 3 is 2.44 bits per heavy atom. The van der Waals surface area contributed by atoms with Gasteiger partial charge in [-0.05, 0) is 56.6 Å². The molecule has 188 valence electrons. The second-order valence-corrected chi connectivity index (χ2v) is 11.8. The first-order chi connectivity index (χ1) is 16.2. The van der Waals surface area contributed by atoms with Gasteiger partial charge in [0.05, 0.1) is 16.4 Å². The van der Waals surface area contributed by atoms with Crippen LogP contribution in [0, 0.1) is 16.0 Å². The fourth-order valence-electron chi connectivity index (χ4n) is 5.17. The van der Waals surface area contributed by atoms with Crippen LogP contribution >= 0.6 is 0 Å². The summed E-state index contributed by atoms with van der Waals surface area (Å²) in [6.07, 6.45) is 5.46. The summed E-state index contributed by atoms with van der Waals surface area (Å²) >= 11 is 0. The molecule has 3 fully saturated rings. The van der Waals surface area contributed by atoms with Gasteiger partial charge in [-0.15, -0.1) is 0 Å². The molecule has 11 heteroatoms. The third kappa shape index (κ3) is 5.69. The first-order valence-electron chi connectivity index (χ1n) is 12.3. The molecule has 0 aliphatic carbocycles. The van der Waals surface area contributed by atoms with E-state index >= 15 is 0 Å². The highest BCUT2D eigenvalue weighted by molar-refractivity contribution is 7.89. The predicted octanol–water partition coefficient (Wildman–Crippen LogP) is 2.51. The van der Waals surface area contributed by atoms with Gasteiger partial charge in [0, 0.05) is 51.4 Å². The van der Waals surface area contributed by atoms with Crippen molar-refractivity contribution in [3.05, 3.63) is 28.3 Å². The summed E-state index contributed by atoms with van der Waals surface area (Å²) in [5, 5.41) is 15.0. The van der Waals surface area contributed by atoms with E-state index < -0.39 is 14.9 Å². The number of amides is 1. The van der Waals surface area contributed by atoms with Crippen LogP contribution in [0.2, 0.25) is 0 Å². The summed E-state index contributed by atoms with van der Waals surface area (Å²) in [6.45, 7) is 6.51. The molecule has 0 saturated carbocycles. The fraction of sp³-hybridized carbons (Fsp3) is 0.696. The molecule has 3 aliphatic heterocycles. The number of benzene rings is 1. The van der Waals surface area contributed by atoms with Gasteiger partial charge in [0.25, 0.3) is 5.69 Å². The Balaban J connectivity index is 1.39. The lowest BCUT2D eigenvalue weighted by atomic mass is 10.0. The fourth-order valence-corrected chi connectivity index (χ4v) is 6.79. The van der Waals surface area contributed by atoms with Crippen molar-refractivity contribution in [1.29, 1.82) is 0 Å². The van der Waals surface area contributed by atoms with E-state index in [2.05, 4.69) is 10.2 Å². The summed E-state index contributed by atoms with van der Waals surface area (Å²) in [5.41, 5.74) is 0.111. The van der Waals surface area contributed by atoms with Crippen molar-refractivity contribution in [1.82, 2.24) is 14.1 Å². The van der Waals surface area contributed by atoms with Crippen LogP contribution in [0.4, 0.5) is 11.4 Å². The van der Waals surface area contributed by atoms with E-state index in [1.807, 2.05) is 11.8 Å². The molecule has 1 aromatic rings. The molecule has 0 unspecified atom stereocenters. The van der Waals surface area contributed by atoms with Crippen LogP contribution in [0.1, 0.15) is 45.4 Å². The molecule has 1 N–H and O–H groups in total. The molecule has 0 spiro atoms. The van der Waals surface area contributed by atoms with Crippen molar-refractivity contribution in [3.8, 4) is 0 Å². The van der Waals surface area contributed by atoms with Crippen molar-refractivity contribution in [3.63, 3.8) is 0 Å². The Labute approximate surface area is 201 Å². The molecule has 4 rings (SSSR count). The number of hydrogen-bond acceptors (Lipinski definition) is 7. The molecule has 0 aromatic heterocycles. The summed E-state index contributed by atoms with van der Waals surface area (Å²) in [7, 11) is -3.77. The van der Waals surface area contributed by atoms with E-state index in [0.717, 1.165) is 64.7 Å². The predicted molar refractivity (Wildman–Crippen MR) is 129 cm³/mol. The minimum Gasteiger partial charge on any atom is -0.377 e. The molecule has 0 bridgehead atoms. The quantitative estimate of drug-likeness (QED) is 0.458. The van der Waals surface area contributed by atoms with Crippen LogP contribution in [0.3, 0.4) is 0 Å². The second-order valence-electron chi connectivity index (χ2n) is 9.83. The zero-order valence-corrected chi connectivity index (χ0v) is 20.6. The van der Waals surface area contributed by atoms with E-state index in [4.69, 9.17) is 0 Å². The Bertz CT molecular complexity index is 1000. The number of carbonyl (C=O) groups excluding carboxylic acids is 1. The van der Waals surface area contributed by atoms with Crippen LogP contribution in [0.25, 0.3) is 0 Å². The number of nitro benzene ring substituents is 1. The molecule has 3 saturated heterocycles. The summed E-state index contributed by atoms with van der Waals surface area (Å²) in [5.74, 6) is 0.454. The maximum Gasteiger partial charge on any atom is 0.293 e. The standard InChI is InChI=1S/C23H35N5O5S/c1-18-5-4-12-27(16-18)34(32,33)20-6-7-21(22(15-20)28(30)31)24-19-8-13-25(14-9-19)17-23(29)26-10-2-3-11-26/h6-7,15,18-19,24H,2-5,8-14,16-17H2,1H3/t18-/m1/s1. The minimum absolute atomic E-state index is 0.0299. The van der Waals surface area contributed by atoms with Crippen LogP contribution < -0.4 is 5.32 Å². The van der Waals surface area contributed by atoms with E-state index in [0.29, 0.717) is 25.3 Å². The number of nitro groups is 1. The largest absolute Gasteiger partial charge is 0.377 e. The Kier molecular flexibility index (Phi) is 7.73. The molecule has 34 heavy (non-hydrogen) atoms. The Morgan fingerprint density at radius 2 is 1.79 bits per heavy atom. The summed E-state index contributed by atoms with van der Waals surface area (Å²) in [4.78, 5) is 27.7. The highest BCUT2D eigenvalue weighted by atomic mass is 32.2. The molecule has 3 aliphatic rings. The van der Waals surface area contributed by atoms with Crippen molar-refractivity contribution < 1.29 is 18.1 Å². The summed E-state index contributed by atoms with van der Waals surface area (Å²) < 4.78 is 27.6. The van der Waals surface area contributed by atoms with Crippen LogP contribution in [0.15, 0.2) is 23.1 Å². The van der Waals surface area contributed by atoms with Crippen molar-refractivity contribution in [2.24, 2.45) is 5.92 Å². The lowest BCUT2D eigenvalue weighted by Crippen LogP contribution is -2.44. The lowest BCUT2D eigenvalue weighted by Gasteiger charge is -2.33. The third-order valence-electron chi connectivity index (χ3n) is 7.19. The van der Waals surface area contributed by atoms with Gasteiger partial charge in [-0.1, -0.05) is 6.92 Å². The number of rotatable bonds is 7. The lowest BCUT2D eigenvalue weighted by molar-refractivity contribution is -0.384. The minimum atomic E-state index is -3.77. The number of piperidine rings is 2. The van der Waals surface area contributed by atoms with E-state index in [9.17, 15) is 23.3 Å². The average Bonchev–Trinajstić information content (AvgIpc) is 3.36. The smallest absolute Gasteiger partial charge is 0.293 e. The number of likely N-dealkylation sites (tertiary alicyclic amines) is 2. The van der Waals surface area contributed by atoms with E-state index in [1.165, 1.54) is 22.5 Å². The molecule has 3 heterocycles. The van der Waals surface area contributed by atoms with Gasteiger partial charge < -0.3 is 10.2 Å². The number of nitrogens with one attached hydrogen (secondary N) is 1. The number of nitrogens with zero attached hydrogens (tertiary/aromatic N) is 4. The zero-order chi connectivity index (χ0) is 24.3. The van der Waals surface area contributed by atoms with Gasteiger partial charge in [-0.25, -0.2) is 8.42 Å². The first kappa shape index (κ1) is 24.9. The highest BCUT2D eigenvalue weighted by Gasteiger charge is 2.31. The number of sulfonamides is 1. The van der Waals surface area contributed by atoms with Gasteiger partial charge in [0.1, 0.15) is 5.69 Å². The molecule has 10 nitrogen and oxygen atoms in total. The molecule has 0 radical (unpaired) electrons. The van der Waals surface area contributed by atoms with Crippen LogP contribution in [-0.2, 0) is 14.8 Å². The van der Waals surface area contributed by atoms with Crippen molar-refractivity contribution in [2.75, 3.05) is 51.1 Å². The SMILES string of the molecule is C[C@@H]1CCCN(S(=O)(=O)c2ccc(NC3CCN(CC(=O)N4CCCC4)CC3)c([N+](=O)[O-])c2)C1. The first-order valence-corrected chi connectivity index (χ1v) is 13.7. The van der Waals surface area contributed by atoms with Gasteiger partial charge in [0.2, 0.25) is 15.9 Å². The zero-order valence-electron chi connectivity index (χ0n) is 19.8. The van der Waals surface area contributed by atoms with Crippen LogP contribution in [0.5, 0.6) is 0 Å². The molecular weight excluding hydrogens is 458 g/mol. The number of carbonyl (C=O) groups is 1. The third-order valence-corrected chi connectivity index (χ3v) is 9.05. The van der Waals surface area contributed by atoms with Gasteiger partial charge >= 0.3 is 0 Å². The maximum absolute atomic E-state index is 13.1. The van der Waals surface area contributed by atoms with Crippen LogP contribution in [-0.4, -0.2) is 85.2 Å². The topological polar surface area (TPSA) is 116 Å². The average molecular weight is 494 g/mol. The highest BCUT2D eigenvalue weighted by Crippen LogP contribution is 2.32. The molecular formula is C23H35N5O5S. The van der Waals surface area contributed by atoms with Gasteiger partial charge in [-0.3, -0.25) is 19.8 Å². The molecule has 1 amide bonds. The maximum atomic E-state index is 13.1. The Morgan fingerprint density at radius 1 is 1.09 bits per heavy atom. The monoisotopic (exact) mass is 493 g/mol. The second kappa shape index (κ2) is 10.6.